The van der Waals surface area contributed by atoms with Crippen LogP contribution in [0.1, 0.15) is 21.6 Å². The fourth-order valence-corrected chi connectivity index (χ4v) is 1.24. The minimum atomic E-state index is -5.03. The van der Waals surface area contributed by atoms with Crippen molar-refractivity contribution in [2.45, 2.75) is 13.1 Å². The van der Waals surface area contributed by atoms with Crippen molar-refractivity contribution in [1.29, 1.82) is 5.26 Å². The van der Waals surface area contributed by atoms with Crippen LogP contribution in [0.25, 0.3) is 0 Å². The van der Waals surface area contributed by atoms with E-state index in [2.05, 4.69) is 9.72 Å². The highest BCUT2D eigenvalue weighted by Crippen LogP contribution is 2.21. The summed E-state index contributed by atoms with van der Waals surface area (Å²) in [6.45, 7) is 0.0558. The van der Waals surface area contributed by atoms with E-state index in [0.29, 0.717) is 0 Å². The Morgan fingerprint density at radius 1 is 1.50 bits per heavy atom. The molecule has 0 aliphatic rings. The number of primary amides is 1. The van der Waals surface area contributed by atoms with Crippen LogP contribution in [0.15, 0.2) is 6.07 Å². The van der Waals surface area contributed by atoms with E-state index >= 15 is 0 Å². The highest BCUT2D eigenvalue weighted by Gasteiger charge is 2.38. The van der Waals surface area contributed by atoms with Crippen molar-refractivity contribution >= 4 is 11.7 Å². The molecule has 1 rings (SSSR count). The first-order valence-electron chi connectivity index (χ1n) is 5.11. The van der Waals surface area contributed by atoms with Crippen molar-refractivity contribution in [2.75, 3.05) is 6.61 Å². The fraction of sp³-hybridized carbons (Fsp3) is 0.273. The number of ketones is 1. The molecular weight excluding hydrogens is 279 g/mol. The Morgan fingerprint density at radius 3 is 2.55 bits per heavy atom. The third-order valence-electron chi connectivity index (χ3n) is 2.22. The van der Waals surface area contributed by atoms with Crippen LogP contribution in [0.2, 0.25) is 0 Å². The zero-order valence-corrected chi connectivity index (χ0v) is 10.1. The monoisotopic (exact) mass is 287 g/mol. The van der Waals surface area contributed by atoms with Gasteiger partial charge in [0.15, 0.2) is 6.61 Å². The van der Waals surface area contributed by atoms with E-state index < -0.39 is 30.4 Å². The second-order valence-corrected chi connectivity index (χ2v) is 3.66. The van der Waals surface area contributed by atoms with Gasteiger partial charge >= 0.3 is 6.18 Å². The van der Waals surface area contributed by atoms with Gasteiger partial charge in [-0.05, 0) is 13.0 Å². The van der Waals surface area contributed by atoms with Crippen molar-refractivity contribution in [1.82, 2.24) is 4.98 Å². The van der Waals surface area contributed by atoms with Gasteiger partial charge < -0.3 is 10.5 Å². The van der Waals surface area contributed by atoms with E-state index in [9.17, 15) is 22.8 Å². The molecule has 1 aromatic heterocycles. The van der Waals surface area contributed by atoms with Gasteiger partial charge in [0.2, 0.25) is 5.88 Å². The summed E-state index contributed by atoms with van der Waals surface area (Å²) in [5, 5.41) is 8.81. The number of nitriles is 1. The minimum Gasteiger partial charge on any atom is -0.468 e. The Kier molecular flexibility index (Phi) is 4.29. The van der Waals surface area contributed by atoms with E-state index in [-0.39, 0.29) is 16.8 Å². The molecule has 0 unspecified atom stereocenters. The van der Waals surface area contributed by atoms with Gasteiger partial charge in [0.1, 0.15) is 11.6 Å². The molecular formula is C11H8F3N3O3. The number of hydrogen-bond acceptors (Lipinski definition) is 5. The van der Waals surface area contributed by atoms with E-state index in [0.717, 1.165) is 6.07 Å². The smallest absolute Gasteiger partial charge is 0.453 e. The lowest BCUT2D eigenvalue weighted by Crippen LogP contribution is -2.29. The largest absolute Gasteiger partial charge is 0.468 e. The number of aromatic nitrogens is 1. The maximum Gasteiger partial charge on any atom is 0.453 e. The van der Waals surface area contributed by atoms with Crippen molar-refractivity contribution < 1.29 is 27.5 Å². The number of pyridine rings is 1. The number of carbonyl (C=O) groups excluding carboxylic acids is 2. The van der Waals surface area contributed by atoms with Gasteiger partial charge in [-0.1, -0.05) is 0 Å². The number of amides is 1. The lowest BCUT2D eigenvalue weighted by atomic mass is 10.1. The van der Waals surface area contributed by atoms with Gasteiger partial charge in [0.05, 0.1) is 11.3 Å². The number of Topliss-reactive ketones (excluding diaryl/α,β-unsaturated/α-hetero) is 1. The Hall–Kier alpha value is -2.63. The molecule has 1 amide bonds. The Morgan fingerprint density at radius 2 is 2.10 bits per heavy atom. The predicted octanol–water partition coefficient (Wildman–Crippen LogP) is 0.871. The maximum absolute atomic E-state index is 12.0. The quantitative estimate of drug-likeness (QED) is 0.884. The van der Waals surface area contributed by atoms with Crippen LogP contribution in [0, 0.1) is 18.3 Å². The number of hydrogen-bond donors (Lipinski definition) is 1. The van der Waals surface area contributed by atoms with Crippen LogP contribution in [0.4, 0.5) is 13.2 Å². The Bertz CT molecular complexity index is 605. The molecule has 0 aliphatic carbocycles. The number of ether oxygens (including phenoxy) is 1. The van der Waals surface area contributed by atoms with Crippen LogP contribution in [-0.2, 0) is 4.79 Å². The molecule has 0 spiro atoms. The summed E-state index contributed by atoms with van der Waals surface area (Å²) in [6, 6.07) is 2.63. The molecule has 6 nitrogen and oxygen atoms in total. The molecule has 1 heterocycles. The van der Waals surface area contributed by atoms with Crippen LogP contribution in [-0.4, -0.2) is 29.5 Å². The molecule has 0 saturated heterocycles. The highest BCUT2D eigenvalue weighted by atomic mass is 19.4. The van der Waals surface area contributed by atoms with E-state index in [1.54, 1.807) is 6.07 Å². The van der Waals surface area contributed by atoms with Crippen LogP contribution < -0.4 is 10.5 Å². The molecule has 0 aromatic carbocycles. The summed E-state index contributed by atoms with van der Waals surface area (Å²) in [4.78, 5) is 25.3. The average molecular weight is 287 g/mol. The highest BCUT2D eigenvalue weighted by molar-refractivity contribution is 5.94. The molecule has 106 valence electrons. The first-order chi connectivity index (χ1) is 9.16. The molecule has 0 saturated carbocycles. The van der Waals surface area contributed by atoms with Gasteiger partial charge in [0.25, 0.3) is 11.7 Å². The molecule has 2 N–H and O–H groups in total. The molecule has 9 heteroatoms. The van der Waals surface area contributed by atoms with E-state index in [4.69, 9.17) is 11.0 Å². The fourth-order valence-electron chi connectivity index (χ4n) is 1.24. The number of nitrogens with zero attached hydrogens (tertiary/aromatic N) is 2. The molecule has 0 bridgehead atoms. The molecule has 1 aromatic rings. The van der Waals surface area contributed by atoms with Gasteiger partial charge in [-0.25, -0.2) is 4.98 Å². The molecule has 0 fully saturated rings. The first kappa shape index (κ1) is 15.4. The van der Waals surface area contributed by atoms with Crippen LogP contribution in [0.3, 0.4) is 0 Å². The number of halogens is 3. The number of rotatable bonds is 4. The Labute approximate surface area is 111 Å². The van der Waals surface area contributed by atoms with Crippen LogP contribution >= 0.6 is 0 Å². The zero-order valence-electron chi connectivity index (χ0n) is 10.1. The standard InChI is InChI=1S/C11H8F3N3O3/c1-5-7(9(16)19)2-6(3-15)10(17-5)20-4-8(18)11(12,13)14/h2H,4H2,1H3,(H2,16,19). The first-order valence-corrected chi connectivity index (χ1v) is 5.11. The predicted molar refractivity (Wildman–Crippen MR) is 58.8 cm³/mol. The van der Waals surface area contributed by atoms with E-state index in [1.165, 1.54) is 6.92 Å². The maximum atomic E-state index is 12.0. The summed E-state index contributed by atoms with van der Waals surface area (Å²) in [6.07, 6.45) is -5.03. The third-order valence-corrected chi connectivity index (χ3v) is 2.22. The normalized spacial score (nSPS) is 10.8. The van der Waals surface area contributed by atoms with Gasteiger partial charge in [-0.15, -0.1) is 0 Å². The molecule has 0 atom stereocenters. The lowest BCUT2D eigenvalue weighted by molar-refractivity contribution is -0.173. The Balaban J connectivity index is 3.03. The second kappa shape index (κ2) is 5.56. The molecule has 20 heavy (non-hydrogen) atoms. The second-order valence-electron chi connectivity index (χ2n) is 3.66. The molecule has 0 radical (unpaired) electrons. The van der Waals surface area contributed by atoms with Crippen molar-refractivity contribution in [3.8, 4) is 11.9 Å². The number of aryl methyl sites for hydroxylation is 1. The summed E-state index contributed by atoms with van der Waals surface area (Å²) < 4.78 is 40.6. The van der Waals surface area contributed by atoms with Gasteiger partial charge in [-0.3, -0.25) is 9.59 Å². The third kappa shape index (κ3) is 3.44. The zero-order chi connectivity index (χ0) is 15.5. The van der Waals surface area contributed by atoms with E-state index in [1.807, 2.05) is 0 Å². The van der Waals surface area contributed by atoms with Crippen molar-refractivity contribution in [3.05, 3.63) is 22.9 Å². The summed E-state index contributed by atoms with van der Waals surface area (Å²) in [5.41, 5.74) is 4.76. The van der Waals surface area contributed by atoms with Crippen LogP contribution in [0.5, 0.6) is 5.88 Å². The van der Waals surface area contributed by atoms with Gasteiger partial charge in [0, 0.05) is 0 Å². The minimum absolute atomic E-state index is 0.0592. The van der Waals surface area contributed by atoms with Crippen molar-refractivity contribution in [2.24, 2.45) is 5.73 Å². The summed E-state index contributed by atoms with van der Waals surface area (Å²) in [7, 11) is 0. The number of alkyl halides is 3. The SMILES string of the molecule is Cc1nc(OCC(=O)C(F)(F)F)c(C#N)cc1C(N)=O. The summed E-state index contributed by atoms with van der Waals surface area (Å²) >= 11 is 0. The molecule has 0 aliphatic heterocycles. The number of carbonyl (C=O) groups is 2. The van der Waals surface area contributed by atoms with Crippen molar-refractivity contribution in [3.63, 3.8) is 0 Å². The summed E-state index contributed by atoms with van der Waals surface area (Å²) in [5.74, 6) is -3.42. The average Bonchev–Trinajstić information content (AvgIpc) is 2.34. The topological polar surface area (TPSA) is 106 Å². The van der Waals surface area contributed by atoms with Gasteiger partial charge in [-0.2, -0.15) is 18.4 Å². The lowest BCUT2D eigenvalue weighted by Gasteiger charge is -2.10. The number of nitrogens with two attached hydrogens (primary N) is 1.